The first-order valence-electron chi connectivity index (χ1n) is 8.46. The average Bonchev–Trinajstić information content (AvgIpc) is 3.24. The number of benzene rings is 2. The molecule has 7 heteroatoms. The Labute approximate surface area is 169 Å². The summed E-state index contributed by atoms with van der Waals surface area (Å²) < 4.78 is 2.04. The van der Waals surface area contributed by atoms with Gasteiger partial charge in [0, 0.05) is 10.4 Å². The van der Waals surface area contributed by atoms with Gasteiger partial charge < -0.3 is 5.32 Å². The Morgan fingerprint density at radius 3 is 2.56 bits per heavy atom. The fourth-order valence-corrected chi connectivity index (χ4v) is 5.68. The molecule has 0 bridgehead atoms. The van der Waals surface area contributed by atoms with Crippen LogP contribution in [0.15, 0.2) is 58.9 Å². The molecule has 27 heavy (non-hydrogen) atoms. The third-order valence-corrected chi connectivity index (χ3v) is 7.11. The molecule has 0 radical (unpaired) electrons. The van der Waals surface area contributed by atoms with Gasteiger partial charge in [-0.3, -0.25) is 4.79 Å². The number of rotatable bonds is 5. The van der Waals surface area contributed by atoms with Crippen LogP contribution < -0.4 is 5.32 Å². The van der Waals surface area contributed by atoms with Gasteiger partial charge in [-0.25, -0.2) is 9.97 Å². The van der Waals surface area contributed by atoms with E-state index in [9.17, 15) is 4.79 Å². The van der Waals surface area contributed by atoms with E-state index in [-0.39, 0.29) is 11.2 Å². The summed E-state index contributed by atoms with van der Waals surface area (Å²) in [4.78, 5) is 22.9. The number of thiazole rings is 2. The van der Waals surface area contributed by atoms with Crippen molar-refractivity contribution in [1.82, 2.24) is 9.97 Å². The average molecular weight is 412 g/mol. The molecule has 0 saturated heterocycles. The highest BCUT2D eigenvalue weighted by Gasteiger charge is 2.19. The lowest BCUT2D eigenvalue weighted by molar-refractivity contribution is -0.115. The molecule has 0 aliphatic carbocycles. The van der Waals surface area contributed by atoms with E-state index >= 15 is 0 Å². The number of amides is 1. The van der Waals surface area contributed by atoms with Crippen molar-refractivity contribution in [3.63, 3.8) is 0 Å². The topological polar surface area (TPSA) is 54.9 Å². The summed E-state index contributed by atoms with van der Waals surface area (Å²) in [5.74, 6) is -0.0624. The zero-order chi connectivity index (χ0) is 18.8. The highest BCUT2D eigenvalue weighted by molar-refractivity contribution is 8.02. The van der Waals surface area contributed by atoms with E-state index in [1.165, 1.54) is 23.1 Å². The molecule has 1 unspecified atom stereocenters. The Kier molecular flexibility index (Phi) is 5.24. The van der Waals surface area contributed by atoms with Crippen LogP contribution in [-0.4, -0.2) is 21.1 Å². The Morgan fingerprint density at radius 2 is 1.78 bits per heavy atom. The van der Waals surface area contributed by atoms with Gasteiger partial charge in [-0.15, -0.1) is 22.7 Å². The fraction of sp³-hybridized carbons (Fsp3) is 0.150. The molecule has 0 fully saturated rings. The molecule has 0 saturated carbocycles. The standard InChI is InChI=1S/C20H17N3OS3/c1-12-17(14-8-4-3-5-9-14)22-19(25-12)23-18(24)13(2)26-20-21-15-10-6-7-11-16(15)27-20/h3-11,13H,1-2H3,(H,22,23,24). The quantitative estimate of drug-likeness (QED) is 0.419. The van der Waals surface area contributed by atoms with Gasteiger partial charge in [0.25, 0.3) is 0 Å². The molecule has 2 aromatic carbocycles. The van der Waals surface area contributed by atoms with E-state index in [1.54, 1.807) is 11.3 Å². The Hall–Kier alpha value is -2.22. The van der Waals surface area contributed by atoms with Gasteiger partial charge in [-0.1, -0.05) is 54.2 Å². The van der Waals surface area contributed by atoms with Crippen LogP contribution in [0, 0.1) is 6.92 Å². The second-order valence-corrected chi connectivity index (χ2v) is 9.81. The first kappa shape index (κ1) is 18.2. The Bertz CT molecular complexity index is 1060. The van der Waals surface area contributed by atoms with E-state index in [2.05, 4.69) is 15.3 Å². The minimum atomic E-state index is -0.255. The Morgan fingerprint density at radius 1 is 1.04 bits per heavy atom. The summed E-state index contributed by atoms with van der Waals surface area (Å²) >= 11 is 4.59. The van der Waals surface area contributed by atoms with Crippen molar-refractivity contribution in [1.29, 1.82) is 0 Å². The summed E-state index contributed by atoms with van der Waals surface area (Å²) in [5, 5.41) is 3.33. The zero-order valence-corrected chi connectivity index (χ0v) is 17.3. The van der Waals surface area contributed by atoms with Crippen LogP contribution in [0.3, 0.4) is 0 Å². The van der Waals surface area contributed by atoms with Crippen LogP contribution in [0.1, 0.15) is 11.8 Å². The molecule has 1 atom stereocenters. The molecule has 0 aliphatic rings. The van der Waals surface area contributed by atoms with Crippen molar-refractivity contribution >= 4 is 55.7 Å². The SMILES string of the molecule is Cc1sc(NC(=O)C(C)Sc2nc3ccccc3s2)nc1-c1ccccc1. The van der Waals surface area contributed by atoms with Crippen molar-refractivity contribution in [3.05, 3.63) is 59.5 Å². The molecule has 0 aliphatic heterocycles. The van der Waals surface area contributed by atoms with E-state index in [0.717, 1.165) is 30.7 Å². The molecular formula is C20H17N3OS3. The smallest absolute Gasteiger partial charge is 0.239 e. The number of fused-ring (bicyclic) bond motifs is 1. The zero-order valence-electron chi connectivity index (χ0n) is 14.8. The number of thioether (sulfide) groups is 1. The van der Waals surface area contributed by atoms with Crippen molar-refractivity contribution in [3.8, 4) is 11.3 Å². The van der Waals surface area contributed by atoms with Gasteiger partial charge in [0.1, 0.15) is 0 Å². The van der Waals surface area contributed by atoms with E-state index in [1.807, 2.05) is 68.4 Å². The van der Waals surface area contributed by atoms with Gasteiger partial charge in [-0.2, -0.15) is 0 Å². The highest BCUT2D eigenvalue weighted by atomic mass is 32.2. The maximum atomic E-state index is 12.6. The molecular weight excluding hydrogens is 394 g/mol. The van der Waals surface area contributed by atoms with Crippen LogP contribution in [-0.2, 0) is 4.79 Å². The van der Waals surface area contributed by atoms with Crippen molar-refractivity contribution in [2.45, 2.75) is 23.4 Å². The highest BCUT2D eigenvalue weighted by Crippen LogP contribution is 2.33. The van der Waals surface area contributed by atoms with Crippen LogP contribution >= 0.6 is 34.4 Å². The third kappa shape index (κ3) is 4.05. The predicted molar refractivity (Wildman–Crippen MR) is 116 cm³/mol. The summed E-state index contributed by atoms with van der Waals surface area (Å²) in [6.07, 6.45) is 0. The first-order chi connectivity index (χ1) is 13.1. The maximum absolute atomic E-state index is 12.6. The molecule has 2 aromatic heterocycles. The molecule has 1 amide bonds. The molecule has 0 spiro atoms. The van der Waals surface area contributed by atoms with Crippen molar-refractivity contribution < 1.29 is 4.79 Å². The second-order valence-electron chi connectivity index (χ2n) is 5.99. The van der Waals surface area contributed by atoms with Crippen molar-refractivity contribution in [2.75, 3.05) is 5.32 Å². The van der Waals surface area contributed by atoms with Crippen LogP contribution in [0.25, 0.3) is 21.5 Å². The predicted octanol–water partition coefficient (Wildman–Crippen LogP) is 5.85. The van der Waals surface area contributed by atoms with Gasteiger partial charge in [-0.05, 0) is 26.0 Å². The van der Waals surface area contributed by atoms with E-state index in [0.29, 0.717) is 5.13 Å². The molecule has 2 heterocycles. The number of anilines is 1. The summed E-state index contributed by atoms with van der Waals surface area (Å²) in [7, 11) is 0. The molecule has 136 valence electrons. The minimum absolute atomic E-state index is 0.0624. The van der Waals surface area contributed by atoms with Crippen LogP contribution in [0.2, 0.25) is 0 Å². The fourth-order valence-electron chi connectivity index (χ4n) is 2.63. The number of nitrogens with one attached hydrogen (secondary N) is 1. The number of nitrogens with zero attached hydrogens (tertiary/aromatic N) is 2. The number of hydrogen-bond acceptors (Lipinski definition) is 6. The van der Waals surface area contributed by atoms with E-state index < -0.39 is 0 Å². The molecule has 1 N–H and O–H groups in total. The lowest BCUT2D eigenvalue weighted by atomic mass is 10.1. The number of hydrogen-bond donors (Lipinski definition) is 1. The molecule has 4 aromatic rings. The molecule has 4 rings (SSSR count). The summed E-state index contributed by atoms with van der Waals surface area (Å²) in [6.45, 7) is 3.92. The number of carbonyl (C=O) groups excluding carboxylic acids is 1. The monoisotopic (exact) mass is 411 g/mol. The Balaban J connectivity index is 1.45. The van der Waals surface area contributed by atoms with Gasteiger partial charge in [0.15, 0.2) is 9.47 Å². The third-order valence-electron chi connectivity index (χ3n) is 4.00. The van der Waals surface area contributed by atoms with Gasteiger partial charge in [0.2, 0.25) is 5.91 Å². The summed E-state index contributed by atoms with van der Waals surface area (Å²) in [5.41, 5.74) is 2.95. The van der Waals surface area contributed by atoms with E-state index in [4.69, 9.17) is 0 Å². The van der Waals surface area contributed by atoms with Crippen LogP contribution in [0.5, 0.6) is 0 Å². The lowest BCUT2D eigenvalue weighted by Gasteiger charge is -2.08. The largest absolute Gasteiger partial charge is 0.301 e. The lowest BCUT2D eigenvalue weighted by Crippen LogP contribution is -2.22. The number of aryl methyl sites for hydroxylation is 1. The van der Waals surface area contributed by atoms with Gasteiger partial charge >= 0.3 is 0 Å². The summed E-state index contributed by atoms with van der Waals surface area (Å²) in [6, 6.07) is 18.0. The first-order valence-corrected chi connectivity index (χ1v) is 11.0. The molecule has 4 nitrogen and oxygen atoms in total. The van der Waals surface area contributed by atoms with Crippen LogP contribution in [0.4, 0.5) is 5.13 Å². The maximum Gasteiger partial charge on any atom is 0.239 e. The number of carbonyl (C=O) groups is 1. The normalized spacial score (nSPS) is 12.2. The minimum Gasteiger partial charge on any atom is -0.301 e. The number of para-hydroxylation sites is 1. The number of aromatic nitrogens is 2. The van der Waals surface area contributed by atoms with Crippen molar-refractivity contribution in [2.24, 2.45) is 0 Å². The van der Waals surface area contributed by atoms with Gasteiger partial charge in [0.05, 0.1) is 21.2 Å². The second kappa shape index (κ2) is 7.80.